The first-order chi connectivity index (χ1) is 13.6. The molecule has 0 aliphatic carbocycles. The van der Waals surface area contributed by atoms with Crippen LogP contribution < -0.4 is 10.2 Å². The van der Waals surface area contributed by atoms with Crippen LogP contribution in [0.15, 0.2) is 60.9 Å². The van der Waals surface area contributed by atoms with Crippen molar-refractivity contribution < 1.29 is 4.79 Å². The standard InChI is InChI=1S/C23H24N4O/c1-16(2)19-10-4-5-11-20(19)26-23-24-14-18(15-25-23)22(28)27-13-7-9-17-8-3-6-12-21(17)27/h3-6,8,10-12,14-16H,7,9,13H2,1-2H3,(H,24,25,26). The predicted molar refractivity (Wildman–Crippen MR) is 112 cm³/mol. The first-order valence-electron chi connectivity index (χ1n) is 9.71. The Kier molecular flexibility index (Phi) is 5.06. The summed E-state index contributed by atoms with van der Waals surface area (Å²) in [7, 11) is 0. The van der Waals surface area contributed by atoms with Gasteiger partial charge in [-0.05, 0) is 42.0 Å². The number of aryl methyl sites for hydroxylation is 1. The molecule has 0 spiro atoms. The second kappa shape index (κ2) is 7.80. The van der Waals surface area contributed by atoms with Crippen molar-refractivity contribution in [3.8, 4) is 0 Å². The average Bonchev–Trinajstić information content (AvgIpc) is 2.73. The number of aromatic nitrogens is 2. The van der Waals surface area contributed by atoms with E-state index in [0.29, 0.717) is 17.4 Å². The molecular weight excluding hydrogens is 348 g/mol. The van der Waals surface area contributed by atoms with Gasteiger partial charge < -0.3 is 10.2 Å². The zero-order valence-corrected chi connectivity index (χ0v) is 16.2. The first-order valence-corrected chi connectivity index (χ1v) is 9.71. The molecule has 0 atom stereocenters. The van der Waals surface area contributed by atoms with Crippen LogP contribution in [0.2, 0.25) is 0 Å². The van der Waals surface area contributed by atoms with Crippen LogP contribution in [0.1, 0.15) is 47.7 Å². The Balaban J connectivity index is 1.54. The Morgan fingerprint density at radius 3 is 2.54 bits per heavy atom. The molecule has 0 saturated heterocycles. The maximum absolute atomic E-state index is 13.0. The van der Waals surface area contributed by atoms with Gasteiger partial charge in [-0.15, -0.1) is 0 Å². The summed E-state index contributed by atoms with van der Waals surface area (Å²) >= 11 is 0. The van der Waals surface area contributed by atoms with Gasteiger partial charge in [-0.25, -0.2) is 9.97 Å². The van der Waals surface area contributed by atoms with Crippen LogP contribution in [0.3, 0.4) is 0 Å². The number of rotatable bonds is 4. The van der Waals surface area contributed by atoms with Crippen molar-refractivity contribution in [2.45, 2.75) is 32.6 Å². The Bertz CT molecular complexity index is 982. The topological polar surface area (TPSA) is 58.1 Å². The number of amides is 1. The molecule has 2 aromatic carbocycles. The lowest BCUT2D eigenvalue weighted by atomic mass is 10.0. The smallest absolute Gasteiger partial charge is 0.261 e. The summed E-state index contributed by atoms with van der Waals surface area (Å²) in [6.07, 6.45) is 5.18. The van der Waals surface area contributed by atoms with Crippen LogP contribution in [0.4, 0.5) is 17.3 Å². The number of hydrogen-bond donors (Lipinski definition) is 1. The number of anilines is 3. The lowest BCUT2D eigenvalue weighted by Gasteiger charge is -2.29. The zero-order chi connectivity index (χ0) is 19.5. The summed E-state index contributed by atoms with van der Waals surface area (Å²) < 4.78 is 0. The average molecular weight is 372 g/mol. The van der Waals surface area contributed by atoms with E-state index in [1.54, 1.807) is 12.4 Å². The fourth-order valence-corrected chi connectivity index (χ4v) is 3.64. The molecule has 1 N–H and O–H groups in total. The first kappa shape index (κ1) is 18.2. The van der Waals surface area contributed by atoms with Gasteiger partial charge in [0.2, 0.25) is 5.95 Å². The van der Waals surface area contributed by atoms with E-state index in [0.717, 1.165) is 30.8 Å². The molecule has 28 heavy (non-hydrogen) atoms. The maximum atomic E-state index is 13.0. The summed E-state index contributed by atoms with van der Waals surface area (Å²) in [4.78, 5) is 23.6. The normalized spacial score (nSPS) is 13.3. The molecule has 0 saturated carbocycles. The number of hydrogen-bond acceptors (Lipinski definition) is 4. The fraction of sp³-hybridized carbons (Fsp3) is 0.261. The van der Waals surface area contributed by atoms with Crippen LogP contribution in [0.25, 0.3) is 0 Å². The maximum Gasteiger partial charge on any atom is 0.261 e. The SMILES string of the molecule is CC(C)c1ccccc1Nc1ncc(C(=O)N2CCCc3ccccc32)cn1. The summed E-state index contributed by atoms with van der Waals surface area (Å²) in [5.74, 6) is 0.827. The molecule has 1 amide bonds. The van der Waals surface area contributed by atoms with Crippen molar-refractivity contribution >= 4 is 23.2 Å². The molecular formula is C23H24N4O. The van der Waals surface area contributed by atoms with E-state index in [1.165, 1.54) is 11.1 Å². The highest BCUT2D eigenvalue weighted by Gasteiger charge is 2.23. The molecule has 4 rings (SSSR count). The Morgan fingerprint density at radius 1 is 1.04 bits per heavy atom. The second-order valence-electron chi connectivity index (χ2n) is 7.35. The van der Waals surface area contributed by atoms with Gasteiger partial charge >= 0.3 is 0 Å². The van der Waals surface area contributed by atoms with Crippen molar-refractivity contribution in [2.75, 3.05) is 16.8 Å². The van der Waals surface area contributed by atoms with E-state index < -0.39 is 0 Å². The van der Waals surface area contributed by atoms with Gasteiger partial charge in [0, 0.05) is 30.3 Å². The van der Waals surface area contributed by atoms with E-state index >= 15 is 0 Å². The Labute approximate surface area is 165 Å². The third-order valence-electron chi connectivity index (χ3n) is 5.08. The number of carbonyl (C=O) groups is 1. The number of nitrogens with one attached hydrogen (secondary N) is 1. The number of carbonyl (C=O) groups excluding carboxylic acids is 1. The molecule has 1 aliphatic heterocycles. The van der Waals surface area contributed by atoms with E-state index in [1.807, 2.05) is 41.3 Å². The van der Waals surface area contributed by atoms with Gasteiger partial charge in [0.05, 0.1) is 5.56 Å². The molecule has 142 valence electrons. The summed E-state index contributed by atoms with van der Waals surface area (Å²) in [6.45, 7) is 5.02. The van der Waals surface area contributed by atoms with Gasteiger partial charge in [-0.2, -0.15) is 0 Å². The third-order valence-corrected chi connectivity index (χ3v) is 5.08. The van der Waals surface area contributed by atoms with Crippen molar-refractivity contribution in [2.24, 2.45) is 0 Å². The van der Waals surface area contributed by atoms with E-state index in [9.17, 15) is 4.79 Å². The minimum atomic E-state index is -0.0544. The van der Waals surface area contributed by atoms with Crippen LogP contribution in [-0.4, -0.2) is 22.4 Å². The molecule has 0 unspecified atom stereocenters. The monoisotopic (exact) mass is 372 g/mol. The third kappa shape index (κ3) is 3.60. The molecule has 1 aromatic heterocycles. The van der Waals surface area contributed by atoms with Crippen LogP contribution in [0.5, 0.6) is 0 Å². The molecule has 3 aromatic rings. The molecule has 5 nitrogen and oxygen atoms in total. The Morgan fingerprint density at radius 2 is 1.75 bits per heavy atom. The molecule has 2 heterocycles. The molecule has 0 fully saturated rings. The lowest BCUT2D eigenvalue weighted by Crippen LogP contribution is -2.35. The van der Waals surface area contributed by atoms with E-state index in [-0.39, 0.29) is 5.91 Å². The number of nitrogens with zero attached hydrogens (tertiary/aromatic N) is 3. The molecule has 0 bridgehead atoms. The van der Waals surface area contributed by atoms with E-state index in [2.05, 4.69) is 41.3 Å². The largest absolute Gasteiger partial charge is 0.324 e. The van der Waals surface area contributed by atoms with E-state index in [4.69, 9.17) is 0 Å². The van der Waals surface area contributed by atoms with Crippen LogP contribution >= 0.6 is 0 Å². The minimum absolute atomic E-state index is 0.0544. The van der Waals surface area contributed by atoms with Gasteiger partial charge in [0.1, 0.15) is 0 Å². The highest BCUT2D eigenvalue weighted by Crippen LogP contribution is 2.28. The predicted octanol–water partition coefficient (Wildman–Crippen LogP) is 4.94. The molecule has 5 heteroatoms. The number of benzene rings is 2. The highest BCUT2D eigenvalue weighted by molar-refractivity contribution is 6.06. The molecule has 0 radical (unpaired) electrons. The van der Waals surface area contributed by atoms with Gasteiger partial charge in [-0.1, -0.05) is 50.2 Å². The summed E-state index contributed by atoms with van der Waals surface area (Å²) in [6, 6.07) is 16.2. The van der Waals surface area contributed by atoms with Crippen LogP contribution in [-0.2, 0) is 6.42 Å². The highest BCUT2D eigenvalue weighted by atomic mass is 16.2. The number of fused-ring (bicyclic) bond motifs is 1. The van der Waals surface area contributed by atoms with Gasteiger partial charge in [-0.3, -0.25) is 4.79 Å². The van der Waals surface area contributed by atoms with Gasteiger partial charge in [0.25, 0.3) is 5.91 Å². The van der Waals surface area contributed by atoms with Crippen molar-refractivity contribution in [1.82, 2.24) is 9.97 Å². The summed E-state index contributed by atoms with van der Waals surface area (Å²) in [5, 5.41) is 3.27. The lowest BCUT2D eigenvalue weighted by molar-refractivity contribution is 0.0984. The van der Waals surface area contributed by atoms with Crippen molar-refractivity contribution in [3.63, 3.8) is 0 Å². The minimum Gasteiger partial charge on any atom is -0.324 e. The molecule has 1 aliphatic rings. The zero-order valence-electron chi connectivity index (χ0n) is 16.2. The summed E-state index contributed by atoms with van der Waals surface area (Å²) in [5.41, 5.74) is 4.90. The fourth-order valence-electron chi connectivity index (χ4n) is 3.64. The quantitative estimate of drug-likeness (QED) is 0.705. The van der Waals surface area contributed by atoms with Crippen molar-refractivity contribution in [3.05, 3.63) is 77.6 Å². The van der Waals surface area contributed by atoms with Crippen molar-refractivity contribution in [1.29, 1.82) is 0 Å². The van der Waals surface area contributed by atoms with Gasteiger partial charge in [0.15, 0.2) is 0 Å². The number of para-hydroxylation sites is 2. The van der Waals surface area contributed by atoms with Crippen LogP contribution in [0, 0.1) is 0 Å². The Hall–Kier alpha value is -3.21. The second-order valence-corrected chi connectivity index (χ2v) is 7.35.